The Hall–Kier alpha value is -3.88. The lowest BCUT2D eigenvalue weighted by molar-refractivity contribution is -0.140. The Balaban J connectivity index is 1.30. The fourth-order valence-electron chi connectivity index (χ4n) is 6.34. The average molecular weight is 612 g/mol. The van der Waals surface area contributed by atoms with Gasteiger partial charge in [0.15, 0.2) is 0 Å². The van der Waals surface area contributed by atoms with Crippen LogP contribution in [-0.4, -0.2) is 80.6 Å². The van der Waals surface area contributed by atoms with Crippen molar-refractivity contribution in [2.24, 2.45) is 0 Å². The van der Waals surface area contributed by atoms with Gasteiger partial charge < -0.3 is 30.0 Å². The molecule has 3 aromatic rings. The zero-order chi connectivity index (χ0) is 31.3. The van der Waals surface area contributed by atoms with Crippen molar-refractivity contribution >= 4 is 28.2 Å². The fourth-order valence-corrected chi connectivity index (χ4v) is 6.34. The molecule has 1 saturated carbocycles. The standard InChI is InChI=1S/C33H40F3N5O3/c1-37-32(42)22-9-14-29(31(18-22)44-3)38-16-5-6-25-19-27-28(7-4-8-30(27)41(25)21-33(34,35)36)39-23-10-12-24(13-11-23)40-17-15-26(20-40)43-2/h4,7-9,14,18-19,23-24,26,38-39H,10-13,15-17,20-21H2,1-3H3,(H,37,42). The van der Waals surface area contributed by atoms with Crippen molar-refractivity contribution < 1.29 is 27.4 Å². The number of ether oxygens (including phenoxy) is 2. The van der Waals surface area contributed by atoms with Crippen LogP contribution >= 0.6 is 0 Å². The van der Waals surface area contributed by atoms with E-state index in [0.717, 1.165) is 56.3 Å². The van der Waals surface area contributed by atoms with E-state index in [1.807, 2.05) is 6.07 Å². The molecule has 236 valence electrons. The molecule has 2 heterocycles. The Kier molecular flexibility index (Phi) is 9.91. The number of rotatable bonds is 9. The number of hydrogen-bond donors (Lipinski definition) is 3. The summed E-state index contributed by atoms with van der Waals surface area (Å²) in [5.41, 5.74) is 2.68. The van der Waals surface area contributed by atoms with Crippen molar-refractivity contribution in [1.82, 2.24) is 14.8 Å². The number of likely N-dealkylation sites (tertiary alicyclic amines) is 1. The molecule has 1 saturated heterocycles. The molecule has 11 heteroatoms. The number of nitrogens with one attached hydrogen (secondary N) is 3. The quantitative estimate of drug-likeness (QED) is 0.278. The number of amides is 1. The van der Waals surface area contributed by atoms with Gasteiger partial charge in [-0.05, 0) is 74.4 Å². The minimum Gasteiger partial charge on any atom is -0.495 e. The zero-order valence-electron chi connectivity index (χ0n) is 25.4. The van der Waals surface area contributed by atoms with Crippen LogP contribution in [0.3, 0.4) is 0 Å². The van der Waals surface area contributed by atoms with E-state index in [1.54, 1.807) is 50.6 Å². The Morgan fingerprint density at radius 2 is 1.84 bits per heavy atom. The molecule has 0 bridgehead atoms. The van der Waals surface area contributed by atoms with Crippen molar-refractivity contribution in [2.45, 2.75) is 63.0 Å². The summed E-state index contributed by atoms with van der Waals surface area (Å²) < 4.78 is 53.2. The first-order valence-electron chi connectivity index (χ1n) is 15.0. The maximum absolute atomic E-state index is 13.7. The lowest BCUT2D eigenvalue weighted by Gasteiger charge is -2.35. The van der Waals surface area contributed by atoms with Crippen molar-refractivity contribution in [3.63, 3.8) is 0 Å². The topological polar surface area (TPSA) is 79.8 Å². The number of methoxy groups -OCH3 is 2. The van der Waals surface area contributed by atoms with Crippen molar-refractivity contribution in [2.75, 3.05) is 51.5 Å². The first kappa shape index (κ1) is 31.5. The number of fused-ring (bicyclic) bond motifs is 1. The average Bonchev–Trinajstić information content (AvgIpc) is 3.64. The molecule has 8 nitrogen and oxygen atoms in total. The summed E-state index contributed by atoms with van der Waals surface area (Å²) >= 11 is 0. The Labute approximate surface area is 256 Å². The summed E-state index contributed by atoms with van der Waals surface area (Å²) in [7, 11) is 4.82. The third-order valence-electron chi connectivity index (χ3n) is 8.64. The number of aromatic nitrogens is 1. The molecule has 1 atom stereocenters. The van der Waals surface area contributed by atoms with E-state index in [4.69, 9.17) is 9.47 Å². The number of nitrogens with zero attached hydrogens (tertiary/aromatic N) is 2. The van der Waals surface area contributed by atoms with Gasteiger partial charge >= 0.3 is 6.18 Å². The minimum atomic E-state index is -4.40. The molecule has 1 aliphatic heterocycles. The van der Waals surface area contributed by atoms with E-state index < -0.39 is 12.7 Å². The zero-order valence-corrected chi connectivity index (χ0v) is 25.4. The molecular weight excluding hydrogens is 571 g/mol. The second-order valence-electron chi connectivity index (χ2n) is 11.4. The summed E-state index contributed by atoms with van der Waals surface area (Å²) in [6.07, 6.45) is 1.17. The maximum atomic E-state index is 13.7. The molecule has 0 radical (unpaired) electrons. The predicted octanol–water partition coefficient (Wildman–Crippen LogP) is 5.48. The van der Waals surface area contributed by atoms with Crippen molar-refractivity contribution in [3.05, 3.63) is 53.7 Å². The van der Waals surface area contributed by atoms with Gasteiger partial charge in [-0.1, -0.05) is 12.0 Å². The maximum Gasteiger partial charge on any atom is 0.406 e. The highest BCUT2D eigenvalue weighted by molar-refractivity contribution is 5.95. The molecule has 2 fully saturated rings. The third-order valence-corrected chi connectivity index (χ3v) is 8.64. The smallest absolute Gasteiger partial charge is 0.406 e. The van der Waals surface area contributed by atoms with Crippen molar-refractivity contribution in [1.29, 1.82) is 0 Å². The summed E-state index contributed by atoms with van der Waals surface area (Å²) in [6, 6.07) is 13.0. The van der Waals surface area contributed by atoms with Gasteiger partial charge in [0.1, 0.15) is 12.3 Å². The van der Waals surface area contributed by atoms with Crippen LogP contribution in [-0.2, 0) is 11.3 Å². The van der Waals surface area contributed by atoms with Gasteiger partial charge in [0.05, 0.1) is 36.7 Å². The van der Waals surface area contributed by atoms with Gasteiger partial charge in [0.25, 0.3) is 5.91 Å². The molecule has 1 amide bonds. The molecule has 3 N–H and O–H groups in total. The second-order valence-corrected chi connectivity index (χ2v) is 11.4. The van der Waals surface area contributed by atoms with Gasteiger partial charge in [-0.3, -0.25) is 9.69 Å². The van der Waals surface area contributed by atoms with Gasteiger partial charge in [-0.15, -0.1) is 0 Å². The molecule has 2 aromatic carbocycles. The largest absolute Gasteiger partial charge is 0.495 e. The summed E-state index contributed by atoms with van der Waals surface area (Å²) in [5, 5.41) is 10.1. The highest BCUT2D eigenvalue weighted by Gasteiger charge is 2.32. The summed E-state index contributed by atoms with van der Waals surface area (Å²) in [6.45, 7) is 1.10. The van der Waals surface area contributed by atoms with Gasteiger partial charge in [-0.2, -0.15) is 13.2 Å². The molecule has 1 unspecified atom stereocenters. The number of hydrogen-bond acceptors (Lipinski definition) is 6. The predicted molar refractivity (Wildman–Crippen MR) is 166 cm³/mol. The Morgan fingerprint density at radius 1 is 1.05 bits per heavy atom. The number of alkyl halides is 3. The highest BCUT2D eigenvalue weighted by atomic mass is 19.4. The minimum absolute atomic E-state index is 0.166. The lowest BCUT2D eigenvalue weighted by Crippen LogP contribution is -2.39. The molecule has 1 aliphatic carbocycles. The van der Waals surface area contributed by atoms with Crippen LogP contribution in [0.5, 0.6) is 5.75 Å². The number of benzene rings is 2. The normalized spacial score (nSPS) is 20.6. The monoisotopic (exact) mass is 611 g/mol. The molecule has 0 spiro atoms. The molecular formula is C33H40F3N5O3. The molecule has 5 rings (SSSR count). The third kappa shape index (κ3) is 7.42. The van der Waals surface area contributed by atoms with E-state index in [9.17, 15) is 18.0 Å². The van der Waals surface area contributed by atoms with Gasteiger partial charge in [-0.25, -0.2) is 0 Å². The SMILES string of the molecule is CNC(=O)c1ccc(NCC#Cc2cc3c(NC4CCC(N5CCC(OC)C5)CC4)cccc3n2CC(F)(F)F)c(OC)c1. The van der Waals surface area contributed by atoms with E-state index in [0.29, 0.717) is 40.4 Å². The Bertz CT molecular complexity index is 1520. The summed E-state index contributed by atoms with van der Waals surface area (Å²) in [4.78, 5) is 14.5. The number of anilines is 2. The first-order chi connectivity index (χ1) is 21.2. The highest BCUT2D eigenvalue weighted by Crippen LogP contribution is 2.33. The fraction of sp³-hybridized carbons (Fsp3) is 0.485. The number of halogens is 3. The Morgan fingerprint density at radius 3 is 2.52 bits per heavy atom. The lowest BCUT2D eigenvalue weighted by atomic mass is 9.90. The molecule has 44 heavy (non-hydrogen) atoms. The van der Waals surface area contributed by atoms with E-state index in [1.165, 1.54) is 11.7 Å². The van der Waals surface area contributed by atoms with Crippen LogP contribution in [0.4, 0.5) is 24.5 Å². The van der Waals surface area contributed by atoms with Crippen LogP contribution in [0.25, 0.3) is 10.9 Å². The van der Waals surface area contributed by atoms with Gasteiger partial charge in [0.2, 0.25) is 0 Å². The number of carbonyl (C=O) groups is 1. The number of carbonyl (C=O) groups excluding carboxylic acids is 1. The van der Waals surface area contributed by atoms with Crippen LogP contribution < -0.4 is 20.7 Å². The van der Waals surface area contributed by atoms with Crippen LogP contribution in [0, 0.1) is 11.8 Å². The van der Waals surface area contributed by atoms with E-state index in [2.05, 4.69) is 32.7 Å². The van der Waals surface area contributed by atoms with E-state index >= 15 is 0 Å². The van der Waals surface area contributed by atoms with Gasteiger partial charge in [0, 0.05) is 56.0 Å². The van der Waals surface area contributed by atoms with Crippen molar-refractivity contribution in [3.8, 4) is 17.6 Å². The van der Waals surface area contributed by atoms with Crippen LogP contribution in [0.1, 0.15) is 48.2 Å². The molecule has 1 aromatic heterocycles. The first-order valence-corrected chi connectivity index (χ1v) is 15.0. The molecule has 2 aliphatic rings. The van der Waals surface area contributed by atoms with Crippen LogP contribution in [0.15, 0.2) is 42.5 Å². The van der Waals surface area contributed by atoms with Crippen LogP contribution in [0.2, 0.25) is 0 Å². The second kappa shape index (κ2) is 13.8. The van der Waals surface area contributed by atoms with E-state index in [-0.39, 0.29) is 18.5 Å². The summed E-state index contributed by atoms with van der Waals surface area (Å²) in [5.74, 6) is 6.13.